The van der Waals surface area contributed by atoms with Crippen molar-refractivity contribution in [2.45, 2.75) is 0 Å². The highest BCUT2D eigenvalue weighted by Gasteiger charge is 2.23. The first-order chi connectivity index (χ1) is 68.5. The van der Waals surface area contributed by atoms with E-state index in [1.807, 2.05) is 0 Å². The number of para-hydroxylation sites is 8. The highest BCUT2D eigenvalue weighted by Crippen LogP contribution is 2.45. The van der Waals surface area contributed by atoms with Crippen LogP contribution in [0.5, 0.6) is 0 Å². The lowest BCUT2D eigenvalue weighted by molar-refractivity contribution is 1.18. The lowest BCUT2D eigenvalue weighted by atomic mass is 10.0. The summed E-state index contributed by atoms with van der Waals surface area (Å²) in [5.74, 6) is 0. The van der Waals surface area contributed by atoms with E-state index in [1.54, 1.807) is 0 Å². The molecule has 0 bridgehead atoms. The van der Waals surface area contributed by atoms with Crippen molar-refractivity contribution < 1.29 is 0 Å². The molecule has 138 heavy (non-hydrogen) atoms. The van der Waals surface area contributed by atoms with E-state index in [0.29, 0.717) is 0 Å². The predicted octanol–water partition coefficient (Wildman–Crippen LogP) is 35.3. The molecule has 6 aromatic heterocycles. The first kappa shape index (κ1) is 80.5. The quantitative estimate of drug-likeness (QED) is 0.110. The number of nitrogens with zero attached hydrogens (tertiary/aromatic N) is 6. The Hall–Kier alpha value is -18.4. The van der Waals surface area contributed by atoms with Gasteiger partial charge in [-0.3, -0.25) is 0 Å². The minimum atomic E-state index is 1.16. The molecule has 0 fully saturated rings. The smallest absolute Gasteiger partial charge is 0.0541 e. The fourth-order valence-electron chi connectivity index (χ4n) is 21.5. The van der Waals surface area contributed by atoms with E-state index in [2.05, 4.69) is 561 Å². The van der Waals surface area contributed by atoms with E-state index >= 15 is 0 Å². The van der Waals surface area contributed by atoms with Gasteiger partial charge in [0.2, 0.25) is 0 Å². The molecule has 0 aliphatic rings. The summed E-state index contributed by atoms with van der Waals surface area (Å²) >= 11 is 0. The average molecular weight is 1760 g/mol. The van der Waals surface area contributed by atoms with Gasteiger partial charge < -0.3 is 27.4 Å². The highest BCUT2D eigenvalue weighted by atomic mass is 15.0. The lowest BCUT2D eigenvalue weighted by Crippen LogP contribution is -1.94. The molecular formula is C132H88N6. The van der Waals surface area contributed by atoms with Crippen LogP contribution in [0.25, 0.3) is 243 Å². The van der Waals surface area contributed by atoms with Gasteiger partial charge in [-0.15, -0.1) is 0 Å². The van der Waals surface area contributed by atoms with E-state index in [4.69, 9.17) is 0 Å². The molecule has 6 heteroatoms. The fourth-order valence-corrected chi connectivity index (χ4v) is 21.5. The monoisotopic (exact) mass is 1760 g/mol. The van der Waals surface area contributed by atoms with Crippen LogP contribution >= 0.6 is 0 Å². The average Bonchev–Trinajstić information content (AvgIpc) is 1.61. The van der Waals surface area contributed by atoms with Crippen molar-refractivity contribution >= 4 is 131 Å². The number of rotatable bonds is 13. The summed E-state index contributed by atoms with van der Waals surface area (Å²) in [6.45, 7) is 0. The molecule has 0 aliphatic heterocycles. The second kappa shape index (κ2) is 34.0. The Bertz CT molecular complexity index is 9160. The zero-order chi connectivity index (χ0) is 91.1. The first-order valence-corrected chi connectivity index (χ1v) is 47.4. The Morgan fingerprint density at radius 3 is 0.457 bits per heavy atom. The standard InChI is InChI=1S/2C48H32N2.C36H24N2/c1-3-12-33(13-4-1)35-22-26-39(27-23-35)49-45-20-9-7-18-41(45)43-31-37(24-28-47(43)49)38-25-29-48-44(32-38)42-19-8-10-21-46(42)50(48)40-17-11-16-36(30-40)34-14-5-2-6-15-34;1-3-11-33(12-4-1)35-19-25-39(26-20-35)49-45-17-9-7-15-41(45)43-31-37(23-29-47(43)49)38-24-30-48-44(32-38)42-16-8-10-18-46(42)50(48)40-27-21-36(22-28-40)34-13-5-2-6-14-34;1-3-11-27(12-4-1)37-33-17-9-7-15-29(33)31-23-25(19-21-35(31)37)26-20-22-36-32(24-26)30-16-8-10-18-34(30)38(36)28-13-5-2-6-14-28/h2*1-32H;1-24H. The van der Waals surface area contributed by atoms with Gasteiger partial charge in [0.05, 0.1) is 66.2 Å². The largest absolute Gasteiger partial charge is 0.309 e. The summed E-state index contributed by atoms with van der Waals surface area (Å²) in [6, 6.07) is 193. The molecule has 0 atom stereocenters. The maximum absolute atomic E-state index is 2.40. The van der Waals surface area contributed by atoms with Crippen molar-refractivity contribution in [3.63, 3.8) is 0 Å². The van der Waals surface area contributed by atoms with Gasteiger partial charge in [-0.2, -0.15) is 0 Å². The summed E-state index contributed by atoms with van der Waals surface area (Å²) in [5.41, 5.74) is 38.7. The van der Waals surface area contributed by atoms with E-state index in [9.17, 15) is 0 Å². The number of hydrogen-bond donors (Lipinski definition) is 0. The van der Waals surface area contributed by atoms with Crippen LogP contribution in [0.1, 0.15) is 0 Å². The molecular weight excluding hydrogens is 1670 g/mol. The maximum atomic E-state index is 2.40. The van der Waals surface area contributed by atoms with Crippen molar-refractivity contribution in [2.24, 2.45) is 0 Å². The number of hydrogen-bond acceptors (Lipinski definition) is 0. The Kier molecular flexibility index (Phi) is 19.9. The molecule has 6 heterocycles. The maximum Gasteiger partial charge on any atom is 0.0541 e. The molecule has 22 aromatic carbocycles. The van der Waals surface area contributed by atoms with Gasteiger partial charge in [-0.05, 0) is 260 Å². The molecule has 0 amide bonds. The van der Waals surface area contributed by atoms with Gasteiger partial charge in [-0.1, -0.05) is 352 Å². The minimum absolute atomic E-state index is 1.16. The molecule has 28 rings (SSSR count). The molecule has 0 N–H and O–H groups in total. The summed E-state index contributed by atoms with van der Waals surface area (Å²) in [7, 11) is 0. The Balaban J connectivity index is 0.000000108. The number of fused-ring (bicyclic) bond motifs is 18. The minimum Gasteiger partial charge on any atom is -0.309 e. The molecule has 0 aliphatic carbocycles. The Morgan fingerprint density at radius 2 is 0.225 bits per heavy atom. The van der Waals surface area contributed by atoms with E-state index < -0.39 is 0 Å². The predicted molar refractivity (Wildman–Crippen MR) is 583 cm³/mol. The van der Waals surface area contributed by atoms with Gasteiger partial charge in [-0.25, -0.2) is 0 Å². The second-order valence-corrected chi connectivity index (χ2v) is 35.8. The van der Waals surface area contributed by atoms with Gasteiger partial charge in [0.1, 0.15) is 0 Å². The van der Waals surface area contributed by atoms with Crippen molar-refractivity contribution in [1.82, 2.24) is 27.4 Å². The third kappa shape index (κ3) is 14.0. The molecule has 0 saturated heterocycles. The lowest BCUT2D eigenvalue weighted by Gasteiger charge is -2.11. The molecule has 6 nitrogen and oxygen atoms in total. The molecule has 0 saturated carbocycles. The van der Waals surface area contributed by atoms with Gasteiger partial charge >= 0.3 is 0 Å². The topological polar surface area (TPSA) is 29.6 Å². The zero-order valence-corrected chi connectivity index (χ0v) is 75.5. The Labute approximate surface area is 798 Å². The summed E-state index contributed by atoms with van der Waals surface area (Å²) < 4.78 is 14.3. The van der Waals surface area contributed by atoms with Crippen LogP contribution in [0, 0.1) is 0 Å². The molecule has 0 unspecified atom stereocenters. The van der Waals surface area contributed by atoms with Crippen molar-refractivity contribution in [3.05, 3.63) is 534 Å². The van der Waals surface area contributed by atoms with E-state index in [0.717, 1.165) is 22.7 Å². The summed E-state index contributed by atoms with van der Waals surface area (Å²) in [5, 5.41) is 15.1. The second-order valence-electron chi connectivity index (χ2n) is 35.8. The highest BCUT2D eigenvalue weighted by molar-refractivity contribution is 6.17. The van der Waals surface area contributed by atoms with Crippen molar-refractivity contribution in [1.29, 1.82) is 0 Å². The Morgan fingerprint density at radius 1 is 0.0797 bits per heavy atom. The third-order valence-corrected chi connectivity index (χ3v) is 28.0. The van der Waals surface area contributed by atoms with E-state index in [1.165, 1.54) is 220 Å². The van der Waals surface area contributed by atoms with Crippen LogP contribution in [-0.2, 0) is 0 Å². The molecule has 28 aromatic rings. The number of benzene rings is 22. The van der Waals surface area contributed by atoms with E-state index in [-0.39, 0.29) is 0 Å². The van der Waals surface area contributed by atoms with Gasteiger partial charge in [0, 0.05) is 98.8 Å². The van der Waals surface area contributed by atoms with Gasteiger partial charge in [0.25, 0.3) is 0 Å². The SMILES string of the molecule is c1ccc(-c2ccc(-n3c4ccccc4c4cc(-c5ccc6c(c5)c5ccccc5n6-c5ccc(-c6ccccc6)cc5)ccc43)cc2)cc1.c1ccc(-c2ccc(-n3c4ccccc4c4cc(-c5ccc6c(c5)c5ccccc5n6-c5cccc(-c6ccccc6)c5)ccc43)cc2)cc1.c1ccc(-n2c3ccccc3c3cc(-c4ccc5c(c4)c4ccccc4n5-c4ccccc4)ccc32)cc1. The van der Waals surface area contributed by atoms with Crippen LogP contribution in [0.4, 0.5) is 0 Å². The first-order valence-electron chi connectivity index (χ1n) is 47.4. The van der Waals surface area contributed by atoms with Crippen LogP contribution in [0.15, 0.2) is 534 Å². The summed E-state index contributed by atoms with van der Waals surface area (Å²) in [6.07, 6.45) is 0. The van der Waals surface area contributed by atoms with Crippen LogP contribution in [0.2, 0.25) is 0 Å². The van der Waals surface area contributed by atoms with Crippen LogP contribution < -0.4 is 0 Å². The normalized spacial score (nSPS) is 11.6. The summed E-state index contributed by atoms with van der Waals surface area (Å²) in [4.78, 5) is 0. The fraction of sp³-hybridized carbons (Fsp3) is 0. The van der Waals surface area contributed by atoms with Crippen molar-refractivity contribution in [2.75, 3.05) is 0 Å². The number of aromatic nitrogens is 6. The van der Waals surface area contributed by atoms with Crippen LogP contribution in [0.3, 0.4) is 0 Å². The van der Waals surface area contributed by atoms with Crippen molar-refractivity contribution in [3.8, 4) is 112 Å². The van der Waals surface area contributed by atoms with Gasteiger partial charge in [0.15, 0.2) is 0 Å². The zero-order valence-electron chi connectivity index (χ0n) is 75.5. The molecule has 0 spiro atoms. The molecule has 0 radical (unpaired) electrons. The molecule has 646 valence electrons. The third-order valence-electron chi connectivity index (χ3n) is 28.0. The van der Waals surface area contributed by atoms with Crippen LogP contribution in [-0.4, -0.2) is 27.4 Å².